The molecule has 0 aliphatic heterocycles. The average Bonchev–Trinajstić information content (AvgIpc) is 3.95. The van der Waals surface area contributed by atoms with E-state index in [1.807, 2.05) is 90.1 Å². The second-order valence-electron chi connectivity index (χ2n) is 13.2. The number of aryl methyl sites for hydroxylation is 3. The molecule has 3 atom stereocenters. The van der Waals surface area contributed by atoms with Crippen molar-refractivity contribution in [1.82, 2.24) is 15.0 Å². The van der Waals surface area contributed by atoms with Gasteiger partial charge < -0.3 is 32.2 Å². The first-order valence-electron chi connectivity index (χ1n) is 20.0. The maximum atomic E-state index is 11.5. The molecule has 9 nitrogen and oxygen atoms in total. The summed E-state index contributed by atoms with van der Waals surface area (Å²) in [5.41, 5.74) is 26.6. The van der Waals surface area contributed by atoms with Crippen molar-refractivity contribution in [3.05, 3.63) is 107 Å². The van der Waals surface area contributed by atoms with Crippen LogP contribution in [0, 0.1) is 0 Å². The number of amides is 3. The SMILES string of the molecule is CC.CC.CC.NC(=O)C1CCCCc2c1[nH]c1ccccc21.NC(=O)C1CCCc2c1[nH]c1ccccc21.NC(=O)C1CCc2c1[nH]c1ccccc21. The molecule has 3 aliphatic rings. The molecule has 3 aromatic heterocycles. The summed E-state index contributed by atoms with van der Waals surface area (Å²) in [6.45, 7) is 12.0. The van der Waals surface area contributed by atoms with Crippen molar-refractivity contribution in [2.45, 2.75) is 117 Å². The van der Waals surface area contributed by atoms with Gasteiger partial charge in [-0.05, 0) is 86.3 Å². The van der Waals surface area contributed by atoms with Gasteiger partial charge in [0, 0.05) is 49.8 Å². The molecule has 0 spiro atoms. The number of primary amides is 3. The number of aromatic amines is 3. The number of benzene rings is 3. The summed E-state index contributed by atoms with van der Waals surface area (Å²) in [4.78, 5) is 44.2. The van der Waals surface area contributed by atoms with Crippen LogP contribution in [-0.2, 0) is 33.6 Å². The first-order chi connectivity index (χ1) is 26.3. The van der Waals surface area contributed by atoms with Crippen LogP contribution in [0.1, 0.15) is 132 Å². The highest BCUT2D eigenvalue weighted by atomic mass is 16.2. The van der Waals surface area contributed by atoms with Crippen molar-refractivity contribution in [2.24, 2.45) is 17.2 Å². The van der Waals surface area contributed by atoms with Gasteiger partial charge in [0.2, 0.25) is 17.7 Å². The molecule has 3 aliphatic carbocycles. The molecule has 6 aromatic rings. The smallest absolute Gasteiger partial charge is 0.226 e. The Balaban J connectivity index is 0.000000169. The number of nitrogens with one attached hydrogen (secondary N) is 3. The van der Waals surface area contributed by atoms with Gasteiger partial charge in [-0.3, -0.25) is 14.4 Å². The van der Waals surface area contributed by atoms with E-state index in [0.717, 1.165) is 91.4 Å². The number of hydrogen-bond acceptors (Lipinski definition) is 3. The van der Waals surface area contributed by atoms with Crippen molar-refractivity contribution >= 4 is 50.4 Å². The predicted octanol–water partition coefficient (Wildman–Crippen LogP) is 9.30. The van der Waals surface area contributed by atoms with Crippen LogP contribution < -0.4 is 17.2 Å². The lowest BCUT2D eigenvalue weighted by molar-refractivity contribution is -0.120. The van der Waals surface area contributed by atoms with E-state index in [9.17, 15) is 14.4 Å². The van der Waals surface area contributed by atoms with Gasteiger partial charge in [0.1, 0.15) is 0 Å². The second kappa shape index (κ2) is 19.7. The summed E-state index contributed by atoms with van der Waals surface area (Å²) in [7, 11) is 0. The number of aromatic nitrogens is 3. The summed E-state index contributed by atoms with van der Waals surface area (Å²) in [5, 5.41) is 3.72. The summed E-state index contributed by atoms with van der Waals surface area (Å²) in [5.74, 6) is -1.03. The van der Waals surface area contributed by atoms with Crippen molar-refractivity contribution in [3.63, 3.8) is 0 Å². The lowest BCUT2D eigenvalue weighted by atomic mass is 9.86. The molecule has 0 fully saturated rings. The molecule has 0 saturated carbocycles. The first-order valence-corrected chi connectivity index (χ1v) is 20.0. The number of carbonyl (C=O) groups is 3. The van der Waals surface area contributed by atoms with Gasteiger partial charge in [0.05, 0.1) is 17.8 Å². The summed E-state index contributed by atoms with van der Waals surface area (Å²) in [6.07, 6.45) is 8.89. The summed E-state index contributed by atoms with van der Waals surface area (Å²) < 4.78 is 0. The van der Waals surface area contributed by atoms with Gasteiger partial charge in [-0.1, -0.05) is 103 Å². The van der Waals surface area contributed by atoms with E-state index in [1.54, 1.807) is 0 Å². The summed E-state index contributed by atoms with van der Waals surface area (Å²) in [6, 6.07) is 24.6. The Bertz CT molecular complexity index is 2150. The molecular weight excluding hydrogens is 673 g/mol. The van der Waals surface area contributed by atoms with Crippen molar-refractivity contribution < 1.29 is 14.4 Å². The van der Waals surface area contributed by atoms with Gasteiger partial charge >= 0.3 is 0 Å². The molecule has 3 heterocycles. The molecule has 0 bridgehead atoms. The van der Waals surface area contributed by atoms with Crippen molar-refractivity contribution in [3.8, 4) is 0 Å². The zero-order valence-corrected chi connectivity index (χ0v) is 33.0. The highest BCUT2D eigenvalue weighted by molar-refractivity contribution is 5.92. The number of nitrogens with two attached hydrogens (primary N) is 3. The maximum Gasteiger partial charge on any atom is 0.226 e. The third-order valence-electron chi connectivity index (χ3n) is 10.4. The number of H-pyrrole nitrogens is 3. The molecule has 9 heteroatoms. The van der Waals surface area contributed by atoms with Crippen LogP contribution in [0.25, 0.3) is 32.7 Å². The Morgan fingerprint density at radius 2 is 0.759 bits per heavy atom. The van der Waals surface area contributed by atoms with E-state index in [-0.39, 0.29) is 35.5 Å². The number of carbonyl (C=O) groups excluding carboxylic acids is 3. The minimum Gasteiger partial charge on any atom is -0.369 e. The molecule has 0 saturated heterocycles. The lowest BCUT2D eigenvalue weighted by Crippen LogP contribution is -2.24. The van der Waals surface area contributed by atoms with Gasteiger partial charge in [0.15, 0.2) is 0 Å². The number of para-hydroxylation sites is 3. The van der Waals surface area contributed by atoms with E-state index in [1.165, 1.54) is 32.8 Å². The molecule has 3 unspecified atom stereocenters. The maximum absolute atomic E-state index is 11.5. The fourth-order valence-electron chi connectivity index (χ4n) is 8.07. The lowest BCUT2D eigenvalue weighted by Gasteiger charge is -2.19. The molecular formula is C45H60N6O3. The largest absolute Gasteiger partial charge is 0.369 e. The number of fused-ring (bicyclic) bond motifs is 9. The third-order valence-corrected chi connectivity index (χ3v) is 10.4. The fourth-order valence-corrected chi connectivity index (χ4v) is 8.07. The van der Waals surface area contributed by atoms with Crippen LogP contribution in [0.5, 0.6) is 0 Å². The minimum absolute atomic E-state index is 0.118. The molecule has 54 heavy (non-hydrogen) atoms. The Labute approximate surface area is 319 Å². The van der Waals surface area contributed by atoms with E-state index < -0.39 is 0 Å². The van der Waals surface area contributed by atoms with Gasteiger partial charge in [-0.25, -0.2) is 0 Å². The van der Waals surface area contributed by atoms with Gasteiger partial charge in [0.25, 0.3) is 0 Å². The van der Waals surface area contributed by atoms with E-state index in [2.05, 4.69) is 39.2 Å². The van der Waals surface area contributed by atoms with Crippen molar-refractivity contribution in [2.75, 3.05) is 0 Å². The Hall–Kier alpha value is -5.31. The highest BCUT2D eigenvalue weighted by Crippen LogP contribution is 2.38. The Morgan fingerprint density at radius 3 is 1.15 bits per heavy atom. The van der Waals surface area contributed by atoms with E-state index in [4.69, 9.17) is 17.2 Å². The number of hydrogen-bond donors (Lipinski definition) is 6. The molecule has 0 radical (unpaired) electrons. The fraction of sp³-hybridized carbons (Fsp3) is 0.400. The Morgan fingerprint density at radius 1 is 0.444 bits per heavy atom. The quantitative estimate of drug-likeness (QED) is 0.0996. The normalized spacial score (nSPS) is 17.8. The zero-order chi connectivity index (χ0) is 39.4. The third kappa shape index (κ3) is 8.73. The van der Waals surface area contributed by atoms with Gasteiger partial charge in [-0.2, -0.15) is 0 Å². The first kappa shape index (κ1) is 41.4. The van der Waals surface area contributed by atoms with Gasteiger partial charge in [-0.15, -0.1) is 0 Å². The summed E-state index contributed by atoms with van der Waals surface area (Å²) >= 11 is 0. The predicted molar refractivity (Wildman–Crippen MR) is 224 cm³/mol. The van der Waals surface area contributed by atoms with E-state index in [0.29, 0.717) is 0 Å². The van der Waals surface area contributed by atoms with E-state index >= 15 is 0 Å². The minimum atomic E-state index is -0.222. The van der Waals surface area contributed by atoms with Crippen LogP contribution in [0.3, 0.4) is 0 Å². The molecule has 3 amide bonds. The average molecular weight is 733 g/mol. The molecule has 3 aromatic carbocycles. The monoisotopic (exact) mass is 732 g/mol. The number of rotatable bonds is 3. The Kier molecular flexibility index (Phi) is 15.1. The topological polar surface area (TPSA) is 177 Å². The second-order valence-corrected chi connectivity index (χ2v) is 13.2. The zero-order valence-electron chi connectivity index (χ0n) is 33.0. The highest BCUT2D eigenvalue weighted by Gasteiger charge is 2.30. The molecule has 9 N–H and O–H groups in total. The standard InChI is InChI=1S/C14H16N2O.C13H14N2O.C12H12N2O.3C2H6/c15-14(17)11-7-2-1-6-10-9-5-3-4-8-12(9)16-13(10)11;14-13(16)10-6-3-5-9-8-4-1-2-7-11(8)15-12(9)10;13-12(15)9-6-5-8-7-3-1-2-4-10(7)14-11(8)9;3*1-2/h3-5,8,11,16H,1-2,6-7H2,(H2,15,17);1-2,4,7,10,15H,3,5-6H2,(H2,14,16);1-4,9,14H,5-6H2,(H2,13,15);3*1-2H3. The van der Waals surface area contributed by atoms with Crippen molar-refractivity contribution in [1.29, 1.82) is 0 Å². The van der Waals surface area contributed by atoms with Crippen LogP contribution in [-0.4, -0.2) is 32.7 Å². The van der Waals surface area contributed by atoms with Crippen LogP contribution in [0.4, 0.5) is 0 Å². The van der Waals surface area contributed by atoms with Crippen LogP contribution >= 0.6 is 0 Å². The molecule has 288 valence electrons. The van der Waals surface area contributed by atoms with Crippen LogP contribution in [0.15, 0.2) is 72.8 Å². The van der Waals surface area contributed by atoms with Crippen LogP contribution in [0.2, 0.25) is 0 Å². The molecule has 9 rings (SSSR count).